The normalized spacial score (nSPS) is 14.1. The quantitative estimate of drug-likeness (QED) is 0.477. The van der Waals surface area contributed by atoms with Gasteiger partial charge in [-0.3, -0.25) is 19.3 Å². The molecule has 1 atom stereocenters. The molecule has 1 aromatic heterocycles. The number of imidazole rings is 1. The highest BCUT2D eigenvalue weighted by Crippen LogP contribution is 2.25. The zero-order valence-electron chi connectivity index (χ0n) is 18.2. The summed E-state index contributed by atoms with van der Waals surface area (Å²) in [7, 11) is 0. The number of H-pyrrole nitrogens is 1. The maximum absolute atomic E-state index is 13.1. The maximum Gasteiger partial charge on any atom is 0.261 e. The average molecular weight is 451 g/mol. The van der Waals surface area contributed by atoms with Gasteiger partial charge in [0.1, 0.15) is 5.82 Å². The third kappa shape index (κ3) is 4.27. The van der Waals surface area contributed by atoms with Crippen molar-refractivity contribution in [3.8, 4) is 0 Å². The molecule has 1 aliphatic heterocycles. The van der Waals surface area contributed by atoms with Crippen LogP contribution < -0.4 is 5.32 Å². The number of fused-ring (bicyclic) bond motifs is 2. The van der Waals surface area contributed by atoms with Crippen LogP contribution in [-0.4, -0.2) is 51.1 Å². The predicted molar refractivity (Wildman–Crippen MR) is 126 cm³/mol. The Labute approximate surface area is 191 Å². The van der Waals surface area contributed by atoms with Crippen molar-refractivity contribution in [3.63, 3.8) is 0 Å². The summed E-state index contributed by atoms with van der Waals surface area (Å²) >= 11 is 1.70. The summed E-state index contributed by atoms with van der Waals surface area (Å²) in [6.45, 7) is 2.41. The summed E-state index contributed by atoms with van der Waals surface area (Å²) in [5.41, 5.74) is 2.77. The maximum atomic E-state index is 13.1. The van der Waals surface area contributed by atoms with E-state index in [-0.39, 0.29) is 23.8 Å². The van der Waals surface area contributed by atoms with Crippen LogP contribution in [0.1, 0.15) is 69.1 Å². The van der Waals surface area contributed by atoms with E-state index in [2.05, 4.69) is 15.3 Å². The molecule has 0 saturated carbocycles. The Kier molecular flexibility index (Phi) is 6.60. The molecule has 3 amide bonds. The minimum absolute atomic E-state index is 0.287. The number of hydrogen-bond donors (Lipinski definition) is 2. The Morgan fingerprint density at radius 2 is 1.94 bits per heavy atom. The largest absolute Gasteiger partial charge is 0.342 e. The van der Waals surface area contributed by atoms with Crippen molar-refractivity contribution in [3.05, 3.63) is 65.0 Å². The van der Waals surface area contributed by atoms with Crippen LogP contribution in [0.15, 0.2) is 42.5 Å². The molecule has 2 N–H and O–H groups in total. The summed E-state index contributed by atoms with van der Waals surface area (Å²) in [6.07, 6.45) is 4.37. The molecule has 0 bridgehead atoms. The Hall–Kier alpha value is -3.13. The van der Waals surface area contributed by atoms with Gasteiger partial charge in [-0.2, -0.15) is 11.8 Å². The number of aromatic nitrogens is 2. The van der Waals surface area contributed by atoms with Crippen LogP contribution >= 0.6 is 11.8 Å². The molecule has 0 radical (unpaired) electrons. The van der Waals surface area contributed by atoms with E-state index in [9.17, 15) is 14.4 Å². The van der Waals surface area contributed by atoms with Gasteiger partial charge in [-0.1, -0.05) is 25.5 Å². The van der Waals surface area contributed by atoms with Gasteiger partial charge in [-0.25, -0.2) is 4.98 Å². The van der Waals surface area contributed by atoms with E-state index < -0.39 is 0 Å². The molecule has 8 heteroatoms. The fourth-order valence-electron chi connectivity index (χ4n) is 3.84. The molecular weight excluding hydrogens is 424 g/mol. The number of carbonyl (C=O) groups excluding carboxylic acids is 3. The zero-order chi connectivity index (χ0) is 22.7. The zero-order valence-corrected chi connectivity index (χ0v) is 19.0. The van der Waals surface area contributed by atoms with Crippen LogP contribution in [0.2, 0.25) is 0 Å². The molecule has 4 rings (SSSR count). The third-order valence-electron chi connectivity index (χ3n) is 5.62. The minimum Gasteiger partial charge on any atom is -0.342 e. The number of hydrogen-bond acceptors (Lipinski definition) is 5. The van der Waals surface area contributed by atoms with Gasteiger partial charge in [0, 0.05) is 12.1 Å². The fraction of sp³-hybridized carbons (Fsp3) is 0.333. The SMILES string of the molecule is CCCCN1C(=O)c2ccc(C(=O)N[C@@H](CCSC)c3nc4ccccc4[nH]3)cc2C1=O. The number of nitrogens with zero attached hydrogens (tertiary/aromatic N) is 2. The van der Waals surface area contributed by atoms with Crippen molar-refractivity contribution < 1.29 is 14.4 Å². The van der Waals surface area contributed by atoms with Gasteiger partial charge in [-0.15, -0.1) is 0 Å². The van der Waals surface area contributed by atoms with Crippen molar-refractivity contribution in [2.24, 2.45) is 0 Å². The van der Waals surface area contributed by atoms with E-state index >= 15 is 0 Å². The number of benzene rings is 2. The van der Waals surface area contributed by atoms with Crippen LogP contribution in [-0.2, 0) is 0 Å². The lowest BCUT2D eigenvalue weighted by Gasteiger charge is -2.16. The van der Waals surface area contributed by atoms with E-state index in [1.54, 1.807) is 23.9 Å². The average Bonchev–Trinajstić information content (AvgIpc) is 3.34. The van der Waals surface area contributed by atoms with Gasteiger partial charge in [0.2, 0.25) is 0 Å². The van der Waals surface area contributed by atoms with Crippen molar-refractivity contribution >= 4 is 40.5 Å². The van der Waals surface area contributed by atoms with Crippen LogP contribution in [0.5, 0.6) is 0 Å². The summed E-state index contributed by atoms with van der Waals surface area (Å²) < 4.78 is 0. The molecule has 2 heterocycles. The fourth-order valence-corrected chi connectivity index (χ4v) is 4.31. The highest BCUT2D eigenvalue weighted by atomic mass is 32.2. The molecule has 0 spiro atoms. The summed E-state index contributed by atoms with van der Waals surface area (Å²) in [6, 6.07) is 12.2. The van der Waals surface area contributed by atoms with Gasteiger partial charge in [0.15, 0.2) is 0 Å². The molecule has 0 aliphatic carbocycles. The summed E-state index contributed by atoms with van der Waals surface area (Å²) in [5, 5.41) is 3.05. The number of amides is 3. The molecule has 3 aromatic rings. The number of thioether (sulfide) groups is 1. The Morgan fingerprint density at radius 3 is 2.69 bits per heavy atom. The number of rotatable bonds is 9. The second-order valence-electron chi connectivity index (χ2n) is 7.82. The highest BCUT2D eigenvalue weighted by Gasteiger charge is 2.35. The molecule has 0 unspecified atom stereocenters. The van der Waals surface area contributed by atoms with E-state index in [1.807, 2.05) is 37.4 Å². The summed E-state index contributed by atoms with van der Waals surface area (Å²) in [4.78, 5) is 47.6. The molecule has 2 aromatic carbocycles. The number of nitrogens with one attached hydrogen (secondary N) is 2. The first kappa shape index (κ1) is 22.1. The first-order valence-corrected chi connectivity index (χ1v) is 12.2. The van der Waals surface area contributed by atoms with E-state index in [0.29, 0.717) is 35.5 Å². The lowest BCUT2D eigenvalue weighted by Crippen LogP contribution is -2.30. The molecule has 0 saturated heterocycles. The Balaban J connectivity index is 1.56. The lowest BCUT2D eigenvalue weighted by atomic mass is 10.0. The van der Waals surface area contributed by atoms with E-state index in [0.717, 1.165) is 29.6 Å². The van der Waals surface area contributed by atoms with E-state index in [1.165, 1.54) is 11.0 Å². The van der Waals surface area contributed by atoms with Gasteiger partial charge in [0.05, 0.1) is 28.2 Å². The molecule has 7 nitrogen and oxygen atoms in total. The van der Waals surface area contributed by atoms with Crippen molar-refractivity contribution in [2.75, 3.05) is 18.6 Å². The molecule has 0 fully saturated rings. The monoisotopic (exact) mass is 450 g/mol. The topological polar surface area (TPSA) is 95.2 Å². The molecule has 1 aliphatic rings. The molecular formula is C24H26N4O3S. The van der Waals surface area contributed by atoms with Gasteiger partial charge < -0.3 is 10.3 Å². The van der Waals surface area contributed by atoms with Crippen molar-refractivity contribution in [2.45, 2.75) is 32.2 Å². The first-order chi connectivity index (χ1) is 15.5. The van der Waals surface area contributed by atoms with Crippen LogP contribution in [0.25, 0.3) is 11.0 Å². The van der Waals surface area contributed by atoms with Gasteiger partial charge in [0.25, 0.3) is 17.7 Å². The third-order valence-corrected chi connectivity index (χ3v) is 6.27. The van der Waals surface area contributed by atoms with Crippen molar-refractivity contribution in [1.82, 2.24) is 20.2 Å². The van der Waals surface area contributed by atoms with Gasteiger partial charge >= 0.3 is 0 Å². The molecule has 166 valence electrons. The lowest BCUT2D eigenvalue weighted by molar-refractivity contribution is 0.0652. The minimum atomic E-state index is -0.329. The van der Waals surface area contributed by atoms with Crippen molar-refractivity contribution in [1.29, 1.82) is 0 Å². The van der Waals surface area contributed by atoms with Crippen LogP contribution in [0, 0.1) is 0 Å². The predicted octanol–water partition coefficient (Wildman–Crippen LogP) is 4.18. The number of aromatic amines is 1. The first-order valence-electron chi connectivity index (χ1n) is 10.8. The van der Waals surface area contributed by atoms with Gasteiger partial charge in [-0.05, 0) is 55.2 Å². The standard InChI is InChI=1S/C24H26N4O3S/c1-3-4-12-28-23(30)16-10-9-15(14-17(16)24(28)31)22(29)27-20(11-13-32-2)21-25-18-7-5-6-8-19(18)26-21/h5-10,14,20H,3-4,11-13H2,1-2H3,(H,25,26)(H,27,29)/t20-/m0/s1. The Bertz CT molecular complexity index is 1140. The second-order valence-corrected chi connectivity index (χ2v) is 8.81. The number of carbonyl (C=O) groups is 3. The number of unbranched alkanes of at least 4 members (excludes halogenated alkanes) is 1. The second kappa shape index (κ2) is 9.56. The van der Waals surface area contributed by atoms with Crippen LogP contribution in [0.4, 0.5) is 0 Å². The highest BCUT2D eigenvalue weighted by molar-refractivity contribution is 7.98. The molecule has 32 heavy (non-hydrogen) atoms. The van der Waals surface area contributed by atoms with Crippen LogP contribution in [0.3, 0.4) is 0 Å². The smallest absolute Gasteiger partial charge is 0.261 e. The summed E-state index contributed by atoms with van der Waals surface area (Å²) in [5.74, 6) is 0.638. The number of imide groups is 1. The Morgan fingerprint density at radius 1 is 1.16 bits per heavy atom. The van der Waals surface area contributed by atoms with E-state index in [4.69, 9.17) is 0 Å². The number of para-hydroxylation sites is 2.